The van der Waals surface area contributed by atoms with Gasteiger partial charge in [-0.2, -0.15) is 0 Å². The van der Waals surface area contributed by atoms with Gasteiger partial charge in [0.25, 0.3) is 6.54 Å². The van der Waals surface area contributed by atoms with Gasteiger partial charge in [-0.1, -0.05) is 17.7 Å². The molecule has 0 aliphatic rings. The van der Waals surface area contributed by atoms with Crippen molar-refractivity contribution in [3.05, 3.63) is 39.2 Å². The molecule has 7 heteroatoms. The van der Waals surface area contributed by atoms with Crippen LogP contribution in [0, 0.1) is 10.1 Å². The van der Waals surface area contributed by atoms with E-state index >= 15 is 0 Å². The number of halogens is 1. The number of aliphatic imine (C=N–C) groups is 1. The maximum atomic E-state index is 10.5. The van der Waals surface area contributed by atoms with E-state index in [9.17, 15) is 10.1 Å². The van der Waals surface area contributed by atoms with E-state index in [0.717, 1.165) is 5.56 Å². The van der Waals surface area contributed by atoms with Crippen molar-refractivity contribution in [1.82, 2.24) is 9.88 Å². The highest BCUT2D eigenvalue weighted by atomic mass is 35.5. The van der Waals surface area contributed by atoms with Crippen LogP contribution in [-0.2, 0) is 0 Å². The summed E-state index contributed by atoms with van der Waals surface area (Å²) >= 11 is 5.70. The molecule has 1 atom stereocenters. The fourth-order valence-corrected chi connectivity index (χ4v) is 1.46. The molecule has 0 radical (unpaired) electrons. The Morgan fingerprint density at radius 1 is 1.61 bits per heavy atom. The second kappa shape index (κ2) is 6.30. The van der Waals surface area contributed by atoms with Crippen molar-refractivity contribution in [2.24, 2.45) is 4.99 Å². The highest BCUT2D eigenvalue weighted by Crippen LogP contribution is 2.17. The Hall–Kier alpha value is -1.69. The van der Waals surface area contributed by atoms with Gasteiger partial charge in [0.2, 0.25) is 0 Å². The Morgan fingerprint density at radius 3 is 2.72 bits per heavy atom. The molecule has 0 amide bonds. The van der Waals surface area contributed by atoms with Crippen molar-refractivity contribution < 1.29 is 4.92 Å². The normalized spacial score (nSPS) is 13.2. The number of nitro groups is 1. The molecule has 0 N–H and O–H groups in total. The number of rotatable bonds is 4. The Bertz CT molecular complexity index is 445. The van der Waals surface area contributed by atoms with Crippen LogP contribution < -0.4 is 0 Å². The van der Waals surface area contributed by atoms with Crippen LogP contribution in [0.25, 0.3) is 0 Å². The molecule has 0 fully saturated rings. The summed E-state index contributed by atoms with van der Waals surface area (Å²) in [4.78, 5) is 20.1. The summed E-state index contributed by atoms with van der Waals surface area (Å²) in [5, 5.41) is 11.0. The summed E-state index contributed by atoms with van der Waals surface area (Å²) < 4.78 is 0. The molecule has 0 aliphatic heterocycles. The molecule has 1 unspecified atom stereocenters. The first-order valence-electron chi connectivity index (χ1n) is 5.37. The molecule has 1 aromatic rings. The minimum atomic E-state index is -0.397. The van der Waals surface area contributed by atoms with E-state index in [1.807, 2.05) is 13.0 Å². The van der Waals surface area contributed by atoms with Crippen LogP contribution in [0.15, 0.2) is 23.3 Å². The summed E-state index contributed by atoms with van der Waals surface area (Å²) in [5.74, 6) is 0.419. The fraction of sp³-hybridized carbons (Fsp3) is 0.455. The largest absolute Gasteiger partial charge is 0.361 e. The molecule has 0 bridgehead atoms. The molecule has 1 aromatic heterocycles. The second-order valence-electron chi connectivity index (χ2n) is 4.02. The fourth-order valence-electron chi connectivity index (χ4n) is 1.35. The number of aromatic nitrogens is 1. The van der Waals surface area contributed by atoms with Crippen molar-refractivity contribution >= 4 is 17.4 Å². The molecule has 0 aromatic carbocycles. The van der Waals surface area contributed by atoms with Gasteiger partial charge >= 0.3 is 0 Å². The van der Waals surface area contributed by atoms with E-state index in [4.69, 9.17) is 11.6 Å². The molecule has 0 saturated heterocycles. The first-order valence-corrected chi connectivity index (χ1v) is 5.75. The lowest BCUT2D eigenvalue weighted by Gasteiger charge is -2.15. The van der Waals surface area contributed by atoms with E-state index < -0.39 is 4.92 Å². The van der Waals surface area contributed by atoms with Gasteiger partial charge < -0.3 is 4.90 Å². The lowest BCUT2D eigenvalue weighted by molar-refractivity contribution is -0.464. The zero-order valence-corrected chi connectivity index (χ0v) is 11.3. The van der Waals surface area contributed by atoms with Crippen molar-refractivity contribution in [2.75, 3.05) is 20.6 Å². The van der Waals surface area contributed by atoms with E-state index in [-0.39, 0.29) is 12.6 Å². The van der Waals surface area contributed by atoms with Crippen LogP contribution in [0.5, 0.6) is 0 Å². The molecule has 18 heavy (non-hydrogen) atoms. The summed E-state index contributed by atoms with van der Waals surface area (Å²) in [5.41, 5.74) is 0.863. The minimum absolute atomic E-state index is 0.202. The van der Waals surface area contributed by atoms with Crippen molar-refractivity contribution in [2.45, 2.75) is 13.0 Å². The average Bonchev–Trinajstić information content (AvgIpc) is 2.28. The van der Waals surface area contributed by atoms with E-state index in [1.54, 1.807) is 31.3 Å². The molecule has 1 heterocycles. The van der Waals surface area contributed by atoms with Gasteiger partial charge in [0.15, 0.2) is 5.84 Å². The molecular weight excluding hydrogens is 256 g/mol. The average molecular weight is 271 g/mol. The van der Waals surface area contributed by atoms with Crippen molar-refractivity contribution in [3.63, 3.8) is 0 Å². The van der Waals surface area contributed by atoms with Crippen LogP contribution >= 0.6 is 11.6 Å². The highest BCUT2D eigenvalue weighted by Gasteiger charge is 2.13. The quantitative estimate of drug-likeness (QED) is 0.276. The number of hydrogen-bond donors (Lipinski definition) is 0. The molecule has 6 nitrogen and oxygen atoms in total. The molecule has 1 rings (SSSR count). The number of amidine groups is 1. The Balaban J connectivity index is 2.90. The Kier molecular flexibility index (Phi) is 5.03. The van der Waals surface area contributed by atoms with Crippen molar-refractivity contribution in [3.8, 4) is 0 Å². The summed E-state index contributed by atoms with van der Waals surface area (Å²) in [6.45, 7) is 1.56. The monoisotopic (exact) mass is 270 g/mol. The van der Waals surface area contributed by atoms with Gasteiger partial charge in [-0.3, -0.25) is 15.1 Å². The third-order valence-corrected chi connectivity index (χ3v) is 2.59. The van der Waals surface area contributed by atoms with Crippen LogP contribution in [0.2, 0.25) is 5.15 Å². The van der Waals surface area contributed by atoms with Crippen LogP contribution in [0.3, 0.4) is 0 Å². The third-order valence-electron chi connectivity index (χ3n) is 2.36. The molecule has 0 aliphatic carbocycles. The molecular formula is C11H15ClN4O2. The maximum Gasteiger partial charge on any atom is 0.260 e. The SMILES string of the molecule is CC(N=C(C[N+](=O)[O-])N(C)C)c1ccc(Cl)nc1. The lowest BCUT2D eigenvalue weighted by atomic mass is 10.1. The first kappa shape index (κ1) is 14.4. The number of hydrogen-bond acceptors (Lipinski definition) is 4. The zero-order valence-electron chi connectivity index (χ0n) is 10.5. The first-order chi connectivity index (χ1) is 8.40. The Morgan fingerprint density at radius 2 is 2.28 bits per heavy atom. The summed E-state index contributed by atoms with van der Waals surface area (Å²) in [7, 11) is 3.46. The van der Waals surface area contributed by atoms with Crippen LogP contribution in [0.4, 0.5) is 0 Å². The summed E-state index contributed by atoms with van der Waals surface area (Å²) in [6.07, 6.45) is 1.62. The summed E-state index contributed by atoms with van der Waals surface area (Å²) in [6, 6.07) is 3.28. The Labute approximate surface area is 110 Å². The number of likely N-dealkylation sites (N-methyl/N-ethyl adjacent to an activating group) is 1. The predicted molar refractivity (Wildman–Crippen MR) is 70.6 cm³/mol. The second-order valence-corrected chi connectivity index (χ2v) is 4.41. The van der Waals surface area contributed by atoms with Crippen LogP contribution in [0.1, 0.15) is 18.5 Å². The zero-order chi connectivity index (χ0) is 13.7. The van der Waals surface area contributed by atoms with Crippen molar-refractivity contribution in [1.29, 1.82) is 0 Å². The minimum Gasteiger partial charge on any atom is -0.361 e. The van der Waals surface area contributed by atoms with Gasteiger partial charge in [-0.05, 0) is 18.6 Å². The van der Waals surface area contributed by atoms with Gasteiger partial charge in [0, 0.05) is 25.2 Å². The molecule has 98 valence electrons. The van der Waals surface area contributed by atoms with E-state index in [1.165, 1.54) is 0 Å². The topological polar surface area (TPSA) is 71.6 Å². The van der Waals surface area contributed by atoms with Gasteiger partial charge in [-0.15, -0.1) is 0 Å². The standard InChI is InChI=1S/C11H15ClN4O2/c1-8(9-4-5-10(12)13-6-9)14-11(15(2)3)7-16(17)18/h4-6,8H,7H2,1-3H3. The number of pyridine rings is 1. The smallest absolute Gasteiger partial charge is 0.260 e. The predicted octanol–water partition coefficient (Wildman–Crippen LogP) is 2.03. The van der Waals surface area contributed by atoms with Gasteiger partial charge in [-0.25, -0.2) is 4.98 Å². The van der Waals surface area contributed by atoms with Gasteiger partial charge in [0.05, 0.1) is 6.04 Å². The van der Waals surface area contributed by atoms with E-state index in [0.29, 0.717) is 11.0 Å². The highest BCUT2D eigenvalue weighted by molar-refractivity contribution is 6.29. The maximum absolute atomic E-state index is 10.5. The van der Waals surface area contributed by atoms with E-state index in [2.05, 4.69) is 9.98 Å². The van der Waals surface area contributed by atoms with Gasteiger partial charge in [0.1, 0.15) is 5.15 Å². The lowest BCUT2D eigenvalue weighted by Crippen LogP contribution is -2.29. The van der Waals surface area contributed by atoms with Crippen LogP contribution in [-0.4, -0.2) is 41.3 Å². The number of nitrogens with zero attached hydrogens (tertiary/aromatic N) is 4. The third kappa shape index (κ3) is 4.29. The molecule has 0 spiro atoms. The molecule has 0 saturated carbocycles.